The first-order valence-electron chi connectivity index (χ1n) is 8.78. The van der Waals surface area contributed by atoms with Crippen molar-refractivity contribution in [3.8, 4) is 11.1 Å². The molecule has 0 radical (unpaired) electrons. The summed E-state index contributed by atoms with van der Waals surface area (Å²) in [6.45, 7) is 2.33. The van der Waals surface area contributed by atoms with E-state index in [1.807, 2.05) is 54.6 Å². The fourth-order valence-corrected chi connectivity index (χ4v) is 4.06. The normalized spacial score (nSPS) is 25.0. The molecular formula is C20H25NO4S. The molecular weight excluding hydrogens is 350 g/mol. The van der Waals surface area contributed by atoms with E-state index in [0.717, 1.165) is 16.7 Å². The van der Waals surface area contributed by atoms with Crippen LogP contribution in [0.25, 0.3) is 11.1 Å². The standard InChI is InChI=1S/C20H25NO4S/c1-15(26(21,23)24)13-19-14-25-12-11-20(19,22)18-9-7-17(8-10-18)16-5-3-2-4-6-16/h2-10,15,19,22H,11-14H2,1H3,(H2,21,23,24)/t15?,19-,20+/m0/s1. The van der Waals surface area contributed by atoms with E-state index in [0.29, 0.717) is 19.6 Å². The molecule has 5 nitrogen and oxygen atoms in total. The van der Waals surface area contributed by atoms with Crippen molar-refractivity contribution < 1.29 is 18.3 Å². The zero-order valence-electron chi connectivity index (χ0n) is 14.8. The van der Waals surface area contributed by atoms with Gasteiger partial charge in [0, 0.05) is 18.9 Å². The highest BCUT2D eigenvalue weighted by Gasteiger charge is 2.42. The van der Waals surface area contributed by atoms with E-state index in [2.05, 4.69) is 0 Å². The molecule has 1 saturated heterocycles. The zero-order valence-corrected chi connectivity index (χ0v) is 15.7. The monoisotopic (exact) mass is 375 g/mol. The molecule has 3 atom stereocenters. The maximum atomic E-state index is 11.6. The summed E-state index contributed by atoms with van der Waals surface area (Å²) < 4.78 is 28.7. The minimum absolute atomic E-state index is 0.260. The van der Waals surface area contributed by atoms with Gasteiger partial charge >= 0.3 is 0 Å². The Kier molecular flexibility index (Phi) is 5.48. The van der Waals surface area contributed by atoms with Crippen molar-refractivity contribution in [3.63, 3.8) is 0 Å². The van der Waals surface area contributed by atoms with Crippen LogP contribution >= 0.6 is 0 Å². The Morgan fingerprint density at radius 2 is 1.77 bits per heavy atom. The Hall–Kier alpha value is -1.73. The molecule has 3 N–H and O–H groups in total. The fourth-order valence-electron chi connectivity index (χ4n) is 3.56. The highest BCUT2D eigenvalue weighted by molar-refractivity contribution is 7.89. The van der Waals surface area contributed by atoms with Crippen LogP contribution in [0.5, 0.6) is 0 Å². The van der Waals surface area contributed by atoms with Crippen molar-refractivity contribution in [1.29, 1.82) is 0 Å². The smallest absolute Gasteiger partial charge is 0.211 e. The van der Waals surface area contributed by atoms with Gasteiger partial charge in [-0.1, -0.05) is 54.6 Å². The number of hydrogen-bond acceptors (Lipinski definition) is 4. The van der Waals surface area contributed by atoms with Gasteiger partial charge < -0.3 is 9.84 Å². The summed E-state index contributed by atoms with van der Waals surface area (Å²) in [5.74, 6) is -0.327. The largest absolute Gasteiger partial charge is 0.385 e. The molecule has 26 heavy (non-hydrogen) atoms. The molecule has 0 spiro atoms. The lowest BCUT2D eigenvalue weighted by Gasteiger charge is -2.41. The summed E-state index contributed by atoms with van der Waals surface area (Å²) in [6.07, 6.45) is 0.690. The molecule has 1 fully saturated rings. The molecule has 3 rings (SSSR count). The van der Waals surface area contributed by atoms with Crippen molar-refractivity contribution in [2.45, 2.75) is 30.6 Å². The van der Waals surface area contributed by atoms with E-state index in [-0.39, 0.29) is 12.3 Å². The molecule has 1 heterocycles. The Labute approximate surface area is 154 Å². The number of sulfonamides is 1. The van der Waals surface area contributed by atoms with Crippen molar-refractivity contribution in [1.82, 2.24) is 0 Å². The first-order valence-corrected chi connectivity index (χ1v) is 10.4. The number of benzene rings is 2. The van der Waals surface area contributed by atoms with Gasteiger partial charge in [0.15, 0.2) is 0 Å². The number of hydrogen-bond donors (Lipinski definition) is 2. The molecule has 0 amide bonds. The zero-order chi connectivity index (χ0) is 18.8. The van der Waals surface area contributed by atoms with Crippen LogP contribution in [0.3, 0.4) is 0 Å². The molecule has 2 aromatic rings. The lowest BCUT2D eigenvalue weighted by atomic mass is 9.75. The average Bonchev–Trinajstić information content (AvgIpc) is 2.64. The molecule has 1 aliphatic rings. The number of aliphatic hydroxyl groups is 1. The molecule has 0 aliphatic carbocycles. The molecule has 6 heteroatoms. The van der Waals surface area contributed by atoms with Gasteiger partial charge in [-0.05, 0) is 30.0 Å². The average molecular weight is 375 g/mol. The lowest BCUT2D eigenvalue weighted by molar-refractivity contribution is -0.120. The molecule has 0 bridgehead atoms. The third kappa shape index (κ3) is 3.99. The topological polar surface area (TPSA) is 89.6 Å². The molecule has 2 aromatic carbocycles. The van der Waals surface area contributed by atoms with Gasteiger partial charge in [-0.2, -0.15) is 0 Å². The second-order valence-electron chi connectivity index (χ2n) is 7.02. The molecule has 140 valence electrons. The maximum Gasteiger partial charge on any atom is 0.211 e. The quantitative estimate of drug-likeness (QED) is 0.841. The molecule has 0 saturated carbocycles. The number of primary sulfonamides is 1. The number of rotatable bonds is 5. The Balaban J connectivity index is 1.86. The maximum absolute atomic E-state index is 11.6. The molecule has 0 aromatic heterocycles. The summed E-state index contributed by atoms with van der Waals surface area (Å²) in [7, 11) is -3.64. The first-order chi connectivity index (χ1) is 12.3. The van der Waals surface area contributed by atoms with Crippen LogP contribution in [0.4, 0.5) is 0 Å². The van der Waals surface area contributed by atoms with E-state index in [1.165, 1.54) is 0 Å². The lowest BCUT2D eigenvalue weighted by Crippen LogP contribution is -2.45. The molecule has 1 aliphatic heterocycles. The van der Waals surface area contributed by atoms with Crippen LogP contribution in [0.2, 0.25) is 0 Å². The third-order valence-corrected chi connectivity index (χ3v) is 6.61. The van der Waals surface area contributed by atoms with E-state index >= 15 is 0 Å². The third-order valence-electron chi connectivity index (χ3n) is 5.29. The highest BCUT2D eigenvalue weighted by Crippen LogP contribution is 2.40. The van der Waals surface area contributed by atoms with Crippen LogP contribution in [-0.4, -0.2) is 32.0 Å². The van der Waals surface area contributed by atoms with Gasteiger partial charge in [0.2, 0.25) is 10.0 Å². The second kappa shape index (κ2) is 7.48. The van der Waals surface area contributed by atoms with Gasteiger partial charge in [-0.15, -0.1) is 0 Å². The van der Waals surface area contributed by atoms with E-state index < -0.39 is 20.9 Å². The summed E-state index contributed by atoms with van der Waals surface area (Å²) in [4.78, 5) is 0. The summed E-state index contributed by atoms with van der Waals surface area (Å²) in [5, 5.41) is 15.9. The van der Waals surface area contributed by atoms with Crippen LogP contribution in [0.1, 0.15) is 25.3 Å². The summed E-state index contributed by atoms with van der Waals surface area (Å²) in [6, 6.07) is 17.8. The summed E-state index contributed by atoms with van der Waals surface area (Å²) in [5.41, 5.74) is 1.84. The van der Waals surface area contributed by atoms with Gasteiger partial charge in [-0.3, -0.25) is 0 Å². The van der Waals surface area contributed by atoms with Crippen molar-refractivity contribution in [2.75, 3.05) is 13.2 Å². The number of nitrogens with two attached hydrogens (primary N) is 1. The Morgan fingerprint density at radius 1 is 1.15 bits per heavy atom. The predicted octanol–water partition coefficient (Wildman–Crippen LogP) is 2.64. The van der Waals surface area contributed by atoms with Crippen molar-refractivity contribution in [3.05, 3.63) is 60.2 Å². The van der Waals surface area contributed by atoms with Crippen LogP contribution in [0.15, 0.2) is 54.6 Å². The van der Waals surface area contributed by atoms with E-state index in [4.69, 9.17) is 9.88 Å². The number of ether oxygens (including phenoxy) is 1. The highest BCUT2D eigenvalue weighted by atomic mass is 32.2. The first kappa shape index (κ1) is 19.0. The van der Waals surface area contributed by atoms with E-state index in [1.54, 1.807) is 6.92 Å². The minimum Gasteiger partial charge on any atom is -0.385 e. The van der Waals surface area contributed by atoms with Crippen molar-refractivity contribution in [2.24, 2.45) is 11.1 Å². The predicted molar refractivity (Wildman–Crippen MR) is 102 cm³/mol. The minimum atomic E-state index is -3.64. The Bertz CT molecular complexity index is 836. The van der Waals surface area contributed by atoms with Gasteiger partial charge in [-0.25, -0.2) is 13.6 Å². The summed E-state index contributed by atoms with van der Waals surface area (Å²) >= 11 is 0. The van der Waals surface area contributed by atoms with Gasteiger partial charge in [0.1, 0.15) is 0 Å². The van der Waals surface area contributed by atoms with Gasteiger partial charge in [0.25, 0.3) is 0 Å². The van der Waals surface area contributed by atoms with Gasteiger partial charge in [0.05, 0.1) is 17.5 Å². The SMILES string of the molecule is CC(C[C@H]1COCC[C@@]1(O)c1ccc(-c2ccccc2)cc1)S(N)(=O)=O. The van der Waals surface area contributed by atoms with Crippen LogP contribution in [-0.2, 0) is 20.4 Å². The second-order valence-corrected chi connectivity index (χ2v) is 9.01. The van der Waals surface area contributed by atoms with Crippen molar-refractivity contribution >= 4 is 10.0 Å². The van der Waals surface area contributed by atoms with E-state index in [9.17, 15) is 13.5 Å². The van der Waals surface area contributed by atoms with Crippen LogP contribution < -0.4 is 5.14 Å². The Morgan fingerprint density at radius 3 is 2.38 bits per heavy atom. The van der Waals surface area contributed by atoms with Crippen LogP contribution in [0, 0.1) is 5.92 Å². The molecule has 1 unspecified atom stereocenters. The fraction of sp³-hybridized carbons (Fsp3) is 0.400.